The van der Waals surface area contributed by atoms with E-state index in [1.165, 1.54) is 79.7 Å². The first-order valence-corrected chi connectivity index (χ1v) is 17.9. The van der Waals surface area contributed by atoms with Gasteiger partial charge in [-0.1, -0.05) is 133 Å². The smallest absolute Gasteiger partial charge is 0.0543 e. The molecule has 0 heterocycles. The Hall–Kier alpha value is -4.88. The highest BCUT2D eigenvalue weighted by molar-refractivity contribution is 5.95. The van der Waals surface area contributed by atoms with Crippen LogP contribution in [0.3, 0.4) is 0 Å². The van der Waals surface area contributed by atoms with E-state index in [0.29, 0.717) is 0 Å². The molecule has 6 aromatic rings. The molecule has 6 aromatic carbocycles. The van der Waals surface area contributed by atoms with Gasteiger partial charge in [-0.25, -0.2) is 0 Å². The summed E-state index contributed by atoms with van der Waals surface area (Å²) in [5.74, 6) is 0. The van der Waals surface area contributed by atoms with E-state index in [-0.39, 0.29) is 16.2 Å². The van der Waals surface area contributed by atoms with Crippen LogP contribution in [0.1, 0.15) is 82.2 Å². The minimum absolute atomic E-state index is 0.115. The largest absolute Gasteiger partial charge is 0.310 e. The lowest BCUT2D eigenvalue weighted by molar-refractivity contribution is 0.332. The summed E-state index contributed by atoms with van der Waals surface area (Å²) in [7, 11) is 0. The van der Waals surface area contributed by atoms with E-state index in [1.54, 1.807) is 0 Å². The lowest BCUT2D eigenvalue weighted by Crippen LogP contribution is -2.34. The van der Waals surface area contributed by atoms with Gasteiger partial charge in [-0.05, 0) is 129 Å². The zero-order valence-corrected chi connectivity index (χ0v) is 30.1. The number of benzene rings is 6. The van der Waals surface area contributed by atoms with Crippen LogP contribution in [0.5, 0.6) is 0 Å². The van der Waals surface area contributed by atoms with Crippen LogP contribution in [0.2, 0.25) is 0 Å². The van der Waals surface area contributed by atoms with Crippen molar-refractivity contribution in [2.24, 2.45) is 0 Å². The first-order chi connectivity index (χ1) is 23.5. The number of aryl methyl sites for hydroxylation is 1. The molecule has 0 bridgehead atoms. The first kappa shape index (κ1) is 31.4. The second kappa shape index (κ2) is 11.3. The second-order valence-corrected chi connectivity index (χ2v) is 16.1. The molecule has 2 aliphatic rings. The van der Waals surface area contributed by atoms with Crippen molar-refractivity contribution in [2.75, 3.05) is 4.90 Å². The zero-order chi connectivity index (χ0) is 34.1. The molecular weight excluding hydrogens is 591 g/mol. The number of hydrogen-bond acceptors (Lipinski definition) is 1. The lowest BCUT2D eigenvalue weighted by Gasteiger charge is -2.42. The number of rotatable bonds is 5. The van der Waals surface area contributed by atoms with E-state index in [2.05, 4.69) is 187 Å². The van der Waals surface area contributed by atoms with Gasteiger partial charge >= 0.3 is 0 Å². The molecule has 0 aliphatic heterocycles. The van der Waals surface area contributed by atoms with Gasteiger partial charge in [0.25, 0.3) is 0 Å². The van der Waals surface area contributed by atoms with Crippen molar-refractivity contribution in [3.05, 3.63) is 161 Å². The maximum Gasteiger partial charge on any atom is 0.0543 e. The molecule has 0 radical (unpaired) electrons. The molecule has 8 rings (SSSR count). The summed E-state index contributed by atoms with van der Waals surface area (Å²) in [5.41, 5.74) is 18.6. The maximum atomic E-state index is 2.56. The Morgan fingerprint density at radius 2 is 0.980 bits per heavy atom. The average molecular weight is 638 g/mol. The fourth-order valence-electron chi connectivity index (χ4n) is 8.59. The van der Waals surface area contributed by atoms with E-state index in [1.807, 2.05) is 0 Å². The highest BCUT2D eigenvalue weighted by Gasteiger charge is 2.39. The number of anilines is 3. The summed E-state index contributed by atoms with van der Waals surface area (Å²) in [6, 6.07) is 49.8. The minimum Gasteiger partial charge on any atom is -0.310 e. The van der Waals surface area contributed by atoms with Gasteiger partial charge in [-0.15, -0.1) is 0 Å². The lowest BCUT2D eigenvalue weighted by atomic mass is 9.62. The topological polar surface area (TPSA) is 3.24 Å². The second-order valence-electron chi connectivity index (χ2n) is 16.1. The van der Waals surface area contributed by atoms with E-state index >= 15 is 0 Å². The fraction of sp³-hybridized carbons (Fsp3) is 0.250. The predicted molar refractivity (Wildman–Crippen MR) is 210 cm³/mol. The summed E-state index contributed by atoms with van der Waals surface area (Å²) in [6.45, 7) is 16.8. The van der Waals surface area contributed by atoms with Crippen LogP contribution in [-0.4, -0.2) is 0 Å². The first-order valence-electron chi connectivity index (χ1n) is 17.9. The van der Waals surface area contributed by atoms with Crippen molar-refractivity contribution in [1.29, 1.82) is 0 Å². The molecule has 0 saturated carbocycles. The van der Waals surface area contributed by atoms with Gasteiger partial charge in [0.15, 0.2) is 0 Å². The Morgan fingerprint density at radius 3 is 1.65 bits per heavy atom. The molecule has 2 aliphatic carbocycles. The van der Waals surface area contributed by atoms with Crippen molar-refractivity contribution < 1.29 is 0 Å². The third kappa shape index (κ3) is 5.14. The van der Waals surface area contributed by atoms with Crippen LogP contribution >= 0.6 is 0 Å². The van der Waals surface area contributed by atoms with Gasteiger partial charge in [-0.3, -0.25) is 0 Å². The third-order valence-electron chi connectivity index (χ3n) is 11.7. The number of hydrogen-bond donors (Lipinski definition) is 0. The van der Waals surface area contributed by atoms with Crippen LogP contribution in [0.15, 0.2) is 133 Å². The highest BCUT2D eigenvalue weighted by atomic mass is 15.1. The van der Waals surface area contributed by atoms with Gasteiger partial charge in [0.1, 0.15) is 0 Å². The maximum absolute atomic E-state index is 2.56. The summed E-state index contributed by atoms with van der Waals surface area (Å²) < 4.78 is 0. The molecule has 0 aromatic heterocycles. The van der Waals surface area contributed by atoms with Gasteiger partial charge in [0.05, 0.1) is 5.69 Å². The average Bonchev–Trinajstić information content (AvgIpc) is 3.33. The number of para-hydroxylation sites is 1. The Morgan fingerprint density at radius 1 is 0.429 bits per heavy atom. The van der Waals surface area contributed by atoms with Gasteiger partial charge < -0.3 is 4.90 Å². The molecule has 0 amide bonds. The SMILES string of the molecule is Cc1cc2c(cc1-c1cc3c(cc1N(c1ccccc1)c1ccc(-c4ccccc4)cc1)C(C)(C)c1ccccc1-3)C(C)(C)CCC2(C)C. The molecular formula is C48H47N. The van der Waals surface area contributed by atoms with Crippen LogP contribution in [0, 0.1) is 6.92 Å². The van der Waals surface area contributed by atoms with Crippen LogP contribution < -0.4 is 4.90 Å². The van der Waals surface area contributed by atoms with Gasteiger partial charge in [-0.2, -0.15) is 0 Å². The number of nitrogens with zero attached hydrogens (tertiary/aromatic N) is 1. The molecule has 1 heteroatoms. The molecule has 0 spiro atoms. The molecule has 0 N–H and O–H groups in total. The molecule has 244 valence electrons. The van der Waals surface area contributed by atoms with Crippen LogP contribution in [0.4, 0.5) is 17.1 Å². The summed E-state index contributed by atoms with van der Waals surface area (Å²) in [4.78, 5) is 2.48. The van der Waals surface area contributed by atoms with E-state index in [0.717, 1.165) is 11.4 Å². The van der Waals surface area contributed by atoms with Crippen molar-refractivity contribution in [3.8, 4) is 33.4 Å². The van der Waals surface area contributed by atoms with Crippen LogP contribution in [0.25, 0.3) is 33.4 Å². The van der Waals surface area contributed by atoms with Gasteiger partial charge in [0.2, 0.25) is 0 Å². The summed E-state index contributed by atoms with van der Waals surface area (Å²) in [6.07, 6.45) is 2.40. The van der Waals surface area contributed by atoms with E-state index < -0.39 is 0 Å². The quantitative estimate of drug-likeness (QED) is 0.182. The Kier molecular flexibility index (Phi) is 7.27. The molecule has 0 atom stereocenters. The van der Waals surface area contributed by atoms with Gasteiger partial charge in [0, 0.05) is 22.4 Å². The Bertz CT molecular complexity index is 2180. The molecule has 49 heavy (non-hydrogen) atoms. The molecule has 1 nitrogen and oxygen atoms in total. The molecule has 0 saturated heterocycles. The third-order valence-corrected chi connectivity index (χ3v) is 11.7. The summed E-state index contributed by atoms with van der Waals surface area (Å²) >= 11 is 0. The van der Waals surface area contributed by atoms with Crippen molar-refractivity contribution in [3.63, 3.8) is 0 Å². The normalized spacial score (nSPS) is 16.4. The van der Waals surface area contributed by atoms with E-state index in [4.69, 9.17) is 0 Å². The fourth-order valence-corrected chi connectivity index (χ4v) is 8.59. The highest BCUT2D eigenvalue weighted by Crippen LogP contribution is 2.55. The minimum atomic E-state index is -0.115. The summed E-state index contributed by atoms with van der Waals surface area (Å²) in [5, 5.41) is 0. The Balaban J connectivity index is 1.42. The van der Waals surface area contributed by atoms with Crippen LogP contribution in [-0.2, 0) is 16.2 Å². The predicted octanol–water partition coefficient (Wildman–Crippen LogP) is 13.5. The number of fused-ring (bicyclic) bond motifs is 4. The Labute approximate surface area is 293 Å². The standard InChI is InChI=1S/C48H47N/c1-32-28-43-44(47(4,5)27-26-46(43,2)3)30-38(32)40-29-39-37-20-14-15-21-41(37)48(6,7)42(39)31-45(40)49(35-18-12-9-13-19-35)36-24-22-34(23-25-36)33-16-10-8-11-17-33/h8-25,28-31H,26-27H2,1-7H3. The molecule has 0 fully saturated rings. The van der Waals surface area contributed by atoms with Crippen molar-refractivity contribution in [1.82, 2.24) is 0 Å². The monoisotopic (exact) mass is 637 g/mol. The van der Waals surface area contributed by atoms with Crippen molar-refractivity contribution >= 4 is 17.1 Å². The van der Waals surface area contributed by atoms with E-state index in [9.17, 15) is 0 Å². The molecule has 0 unspecified atom stereocenters. The van der Waals surface area contributed by atoms with Crippen molar-refractivity contribution in [2.45, 2.75) is 77.6 Å². The zero-order valence-electron chi connectivity index (χ0n) is 30.1.